The second kappa shape index (κ2) is 7.22. The lowest BCUT2D eigenvalue weighted by Gasteiger charge is -2.29. The zero-order valence-corrected chi connectivity index (χ0v) is 11.9. The van der Waals surface area contributed by atoms with E-state index < -0.39 is 5.97 Å². The summed E-state index contributed by atoms with van der Waals surface area (Å²) in [6, 6.07) is 0.0566. The third-order valence-electron chi connectivity index (χ3n) is 4.36. The minimum Gasteiger partial charge on any atom is -0.481 e. The number of rotatable bonds is 7. The highest BCUT2D eigenvalue weighted by atomic mass is 16.5. The van der Waals surface area contributed by atoms with Crippen molar-refractivity contribution in [1.29, 1.82) is 0 Å². The van der Waals surface area contributed by atoms with Crippen LogP contribution in [0.1, 0.15) is 26.2 Å². The van der Waals surface area contributed by atoms with E-state index in [1.807, 2.05) is 0 Å². The molecule has 0 aromatic rings. The average molecular weight is 270 g/mol. The van der Waals surface area contributed by atoms with E-state index in [0.29, 0.717) is 13.2 Å². The van der Waals surface area contributed by atoms with Crippen molar-refractivity contribution in [1.82, 2.24) is 9.80 Å². The lowest BCUT2D eigenvalue weighted by atomic mass is 10.0. The van der Waals surface area contributed by atoms with Gasteiger partial charge in [0.1, 0.15) is 0 Å². The summed E-state index contributed by atoms with van der Waals surface area (Å²) in [7, 11) is 0. The molecule has 0 bridgehead atoms. The molecule has 0 spiro atoms. The zero-order chi connectivity index (χ0) is 13.7. The minimum absolute atomic E-state index is 0.0566. The normalized spacial score (nSPS) is 28.3. The van der Waals surface area contributed by atoms with Crippen molar-refractivity contribution in [3.63, 3.8) is 0 Å². The first-order valence-electron chi connectivity index (χ1n) is 7.49. The van der Waals surface area contributed by atoms with E-state index in [1.165, 1.54) is 25.9 Å². The molecule has 1 N–H and O–H groups in total. The SMILES string of the molecule is CCN(CCCN1CCCC1)C1COCC1C(=O)O. The van der Waals surface area contributed by atoms with Crippen LogP contribution in [0.5, 0.6) is 0 Å². The van der Waals surface area contributed by atoms with Crippen LogP contribution in [0.15, 0.2) is 0 Å². The Bertz CT molecular complexity index is 292. The van der Waals surface area contributed by atoms with Gasteiger partial charge < -0.3 is 14.7 Å². The molecular formula is C14H26N2O3. The Morgan fingerprint density at radius 2 is 2.11 bits per heavy atom. The molecule has 2 rings (SSSR count). The number of aliphatic carboxylic acids is 1. The molecule has 2 atom stereocenters. The number of carbonyl (C=O) groups is 1. The summed E-state index contributed by atoms with van der Waals surface area (Å²) < 4.78 is 5.36. The molecule has 19 heavy (non-hydrogen) atoms. The third kappa shape index (κ3) is 3.91. The van der Waals surface area contributed by atoms with Gasteiger partial charge in [-0.2, -0.15) is 0 Å². The van der Waals surface area contributed by atoms with E-state index in [0.717, 1.165) is 26.1 Å². The molecule has 2 heterocycles. The molecule has 0 radical (unpaired) electrons. The summed E-state index contributed by atoms with van der Waals surface area (Å²) >= 11 is 0. The van der Waals surface area contributed by atoms with E-state index >= 15 is 0 Å². The van der Waals surface area contributed by atoms with E-state index in [2.05, 4.69) is 16.7 Å². The van der Waals surface area contributed by atoms with Gasteiger partial charge in [-0.25, -0.2) is 0 Å². The van der Waals surface area contributed by atoms with Crippen molar-refractivity contribution in [2.24, 2.45) is 5.92 Å². The number of hydrogen-bond acceptors (Lipinski definition) is 4. The van der Waals surface area contributed by atoms with Gasteiger partial charge in [-0.1, -0.05) is 6.92 Å². The topological polar surface area (TPSA) is 53.0 Å². The van der Waals surface area contributed by atoms with Crippen LogP contribution in [0.3, 0.4) is 0 Å². The fraction of sp³-hybridized carbons (Fsp3) is 0.929. The summed E-state index contributed by atoms with van der Waals surface area (Å²) in [6.07, 6.45) is 3.78. The second-order valence-electron chi connectivity index (χ2n) is 5.58. The van der Waals surface area contributed by atoms with E-state index in [4.69, 9.17) is 4.74 Å². The van der Waals surface area contributed by atoms with Crippen LogP contribution in [0, 0.1) is 5.92 Å². The number of hydrogen-bond donors (Lipinski definition) is 1. The van der Waals surface area contributed by atoms with Crippen LogP contribution >= 0.6 is 0 Å². The molecule has 2 fully saturated rings. The van der Waals surface area contributed by atoms with Gasteiger partial charge in [0.2, 0.25) is 0 Å². The van der Waals surface area contributed by atoms with E-state index in [9.17, 15) is 9.90 Å². The van der Waals surface area contributed by atoms with E-state index in [1.54, 1.807) is 0 Å². The summed E-state index contributed by atoms with van der Waals surface area (Å²) in [6.45, 7) is 8.52. The molecule has 110 valence electrons. The molecule has 2 unspecified atom stereocenters. The molecule has 2 saturated heterocycles. The maximum Gasteiger partial charge on any atom is 0.310 e. The minimum atomic E-state index is -0.722. The van der Waals surface area contributed by atoms with Crippen molar-refractivity contribution in [2.45, 2.75) is 32.2 Å². The van der Waals surface area contributed by atoms with Crippen molar-refractivity contribution >= 4 is 5.97 Å². The van der Waals surface area contributed by atoms with Gasteiger partial charge in [0, 0.05) is 6.04 Å². The predicted octanol–water partition coefficient (Wildman–Crippen LogP) is 0.894. The van der Waals surface area contributed by atoms with Crippen LogP contribution < -0.4 is 0 Å². The summed E-state index contributed by atoms with van der Waals surface area (Å²) in [5.74, 6) is -1.08. The lowest BCUT2D eigenvalue weighted by Crippen LogP contribution is -2.44. The molecule has 0 aliphatic carbocycles. The van der Waals surface area contributed by atoms with Crippen molar-refractivity contribution in [3.8, 4) is 0 Å². The summed E-state index contributed by atoms with van der Waals surface area (Å²) in [5.41, 5.74) is 0. The van der Waals surface area contributed by atoms with Gasteiger partial charge in [-0.3, -0.25) is 9.69 Å². The third-order valence-corrected chi connectivity index (χ3v) is 4.36. The first kappa shape index (κ1) is 14.8. The molecule has 0 aromatic carbocycles. The Morgan fingerprint density at radius 3 is 2.74 bits per heavy atom. The fourth-order valence-corrected chi connectivity index (χ4v) is 3.20. The van der Waals surface area contributed by atoms with Crippen LogP contribution in [-0.2, 0) is 9.53 Å². The maximum atomic E-state index is 11.2. The standard InChI is InChI=1S/C14H26N2O3/c1-2-16(9-5-8-15-6-3-4-7-15)13-11-19-10-12(13)14(17)18/h12-13H,2-11H2,1H3,(H,17,18). The summed E-state index contributed by atoms with van der Waals surface area (Å²) in [5, 5.41) is 9.21. The van der Waals surface area contributed by atoms with Crippen LogP contribution in [0.25, 0.3) is 0 Å². The van der Waals surface area contributed by atoms with Crippen molar-refractivity contribution in [3.05, 3.63) is 0 Å². The smallest absolute Gasteiger partial charge is 0.310 e. The fourth-order valence-electron chi connectivity index (χ4n) is 3.20. The number of carboxylic acid groups (broad SMARTS) is 1. The van der Waals surface area contributed by atoms with Gasteiger partial charge in [0.05, 0.1) is 19.1 Å². The van der Waals surface area contributed by atoms with Gasteiger partial charge >= 0.3 is 5.97 Å². The first-order valence-corrected chi connectivity index (χ1v) is 7.49. The predicted molar refractivity (Wildman–Crippen MR) is 73.3 cm³/mol. The highest BCUT2D eigenvalue weighted by molar-refractivity contribution is 5.71. The molecular weight excluding hydrogens is 244 g/mol. The molecule has 0 aromatic heterocycles. The maximum absolute atomic E-state index is 11.2. The molecule has 0 saturated carbocycles. The van der Waals surface area contributed by atoms with Gasteiger partial charge in [-0.15, -0.1) is 0 Å². The largest absolute Gasteiger partial charge is 0.481 e. The summed E-state index contributed by atoms with van der Waals surface area (Å²) in [4.78, 5) is 16.0. The van der Waals surface area contributed by atoms with Crippen LogP contribution in [0.2, 0.25) is 0 Å². The molecule has 2 aliphatic heterocycles. The van der Waals surface area contributed by atoms with Crippen molar-refractivity contribution < 1.29 is 14.6 Å². The van der Waals surface area contributed by atoms with Crippen LogP contribution in [-0.4, -0.2) is 72.9 Å². The highest BCUT2D eigenvalue weighted by Crippen LogP contribution is 2.20. The number of likely N-dealkylation sites (N-methyl/N-ethyl adjacent to an activating group) is 1. The average Bonchev–Trinajstić information content (AvgIpc) is 3.05. The monoisotopic (exact) mass is 270 g/mol. The molecule has 5 heteroatoms. The second-order valence-corrected chi connectivity index (χ2v) is 5.58. The number of ether oxygens (including phenoxy) is 1. The Balaban J connectivity index is 1.76. The first-order chi connectivity index (χ1) is 9.22. The quantitative estimate of drug-likeness (QED) is 0.745. The lowest BCUT2D eigenvalue weighted by molar-refractivity contribution is -0.143. The number of nitrogens with zero attached hydrogens (tertiary/aromatic N) is 2. The zero-order valence-electron chi connectivity index (χ0n) is 11.9. The highest BCUT2D eigenvalue weighted by Gasteiger charge is 2.37. The van der Waals surface area contributed by atoms with Gasteiger partial charge in [0.15, 0.2) is 0 Å². The van der Waals surface area contributed by atoms with Crippen LogP contribution in [0.4, 0.5) is 0 Å². The Hall–Kier alpha value is -0.650. The molecule has 5 nitrogen and oxygen atoms in total. The number of likely N-dealkylation sites (tertiary alicyclic amines) is 1. The molecule has 2 aliphatic rings. The van der Waals surface area contributed by atoms with Crippen molar-refractivity contribution in [2.75, 3.05) is 45.9 Å². The number of carboxylic acids is 1. The Morgan fingerprint density at radius 1 is 1.37 bits per heavy atom. The van der Waals surface area contributed by atoms with Gasteiger partial charge in [0.25, 0.3) is 0 Å². The Kier molecular flexibility index (Phi) is 5.60. The van der Waals surface area contributed by atoms with Gasteiger partial charge in [-0.05, 0) is 52.0 Å². The molecule has 0 amide bonds. The van der Waals surface area contributed by atoms with E-state index in [-0.39, 0.29) is 12.0 Å². The Labute approximate surface area is 115 Å².